The molecule has 20 heavy (non-hydrogen) atoms. The average molecular weight is 325 g/mol. The largest absolute Gasteiger partial charge is 0.574 e. The van der Waals surface area contributed by atoms with Crippen LogP contribution in [0, 0.1) is 0 Å². The molecule has 0 fully saturated rings. The predicted molar refractivity (Wildman–Crippen MR) is 53.4 cm³/mol. The van der Waals surface area contributed by atoms with Gasteiger partial charge in [0, 0.05) is 5.02 Å². The highest BCUT2D eigenvalue weighted by molar-refractivity contribution is 6.30. The zero-order valence-electron chi connectivity index (χ0n) is 9.15. The van der Waals surface area contributed by atoms with Crippen LogP contribution in [-0.4, -0.2) is 12.5 Å². The molecule has 0 atom stereocenters. The standard InChI is InChI=1S/C10H4ClF7O2/c11-5-2-1-3-6(4-5)19-7(9(13,14)15)8(12)20-10(16,17)18/h1-4H/b8-7+. The maximum Gasteiger partial charge on any atom is 0.574 e. The Morgan fingerprint density at radius 1 is 1.05 bits per heavy atom. The molecule has 0 radical (unpaired) electrons. The Morgan fingerprint density at radius 2 is 1.65 bits per heavy atom. The Labute approximate surface area is 112 Å². The second kappa shape index (κ2) is 5.78. The lowest BCUT2D eigenvalue weighted by atomic mass is 10.3. The van der Waals surface area contributed by atoms with Crippen LogP contribution < -0.4 is 4.74 Å². The van der Waals surface area contributed by atoms with Crippen molar-refractivity contribution in [1.29, 1.82) is 0 Å². The predicted octanol–water partition coefficient (Wildman–Crippen LogP) is 4.96. The zero-order chi connectivity index (χ0) is 15.6. The first kappa shape index (κ1) is 16.4. The van der Waals surface area contributed by atoms with Crippen molar-refractivity contribution in [3.05, 3.63) is 41.1 Å². The van der Waals surface area contributed by atoms with Gasteiger partial charge in [0.05, 0.1) is 0 Å². The maximum absolute atomic E-state index is 12.9. The summed E-state index contributed by atoms with van der Waals surface area (Å²) >= 11 is 5.45. The van der Waals surface area contributed by atoms with Crippen LogP contribution in [0.15, 0.2) is 36.0 Å². The smallest absolute Gasteiger partial charge is 0.447 e. The van der Waals surface area contributed by atoms with Crippen LogP contribution in [0.5, 0.6) is 5.75 Å². The van der Waals surface area contributed by atoms with Gasteiger partial charge in [-0.05, 0) is 18.2 Å². The number of ether oxygens (including phenoxy) is 2. The molecule has 2 nitrogen and oxygen atoms in total. The highest BCUT2D eigenvalue weighted by atomic mass is 35.5. The minimum Gasteiger partial charge on any atom is -0.447 e. The van der Waals surface area contributed by atoms with Crippen molar-refractivity contribution in [1.82, 2.24) is 0 Å². The molecule has 0 saturated heterocycles. The lowest BCUT2D eigenvalue weighted by Gasteiger charge is -2.15. The number of alkyl halides is 6. The minimum absolute atomic E-state index is 0.0545. The van der Waals surface area contributed by atoms with Crippen molar-refractivity contribution in [3.8, 4) is 5.75 Å². The fraction of sp³-hybridized carbons (Fsp3) is 0.200. The first-order valence-corrected chi connectivity index (χ1v) is 5.03. The van der Waals surface area contributed by atoms with E-state index in [0.717, 1.165) is 18.2 Å². The molecule has 10 heteroatoms. The van der Waals surface area contributed by atoms with Gasteiger partial charge in [-0.3, -0.25) is 0 Å². The van der Waals surface area contributed by atoms with Gasteiger partial charge in [0.1, 0.15) is 5.75 Å². The number of hydrogen-bond donors (Lipinski definition) is 0. The van der Waals surface area contributed by atoms with E-state index < -0.39 is 30.1 Å². The molecule has 0 bridgehead atoms. The van der Waals surface area contributed by atoms with Crippen molar-refractivity contribution in [2.24, 2.45) is 0 Å². The molecule has 0 unspecified atom stereocenters. The fourth-order valence-corrected chi connectivity index (χ4v) is 1.19. The average Bonchev–Trinajstić information content (AvgIpc) is 2.21. The van der Waals surface area contributed by atoms with Gasteiger partial charge >= 0.3 is 18.6 Å². The van der Waals surface area contributed by atoms with Crippen LogP contribution in [0.25, 0.3) is 0 Å². The molecule has 0 amide bonds. The molecule has 0 aromatic heterocycles. The molecule has 0 heterocycles. The van der Waals surface area contributed by atoms with Gasteiger partial charge in [0.15, 0.2) is 0 Å². The van der Waals surface area contributed by atoms with E-state index in [2.05, 4.69) is 9.47 Å². The molecule has 0 aliphatic rings. The molecule has 1 aromatic carbocycles. The molecule has 1 rings (SSSR count). The van der Waals surface area contributed by atoms with Crippen LogP contribution in [0.3, 0.4) is 0 Å². The van der Waals surface area contributed by atoms with Gasteiger partial charge in [-0.15, -0.1) is 13.2 Å². The van der Waals surface area contributed by atoms with Crippen LogP contribution >= 0.6 is 11.6 Å². The third-order valence-electron chi connectivity index (χ3n) is 1.66. The summed E-state index contributed by atoms with van der Waals surface area (Å²) in [6.07, 6.45) is -11.2. The van der Waals surface area contributed by atoms with Crippen LogP contribution in [0.2, 0.25) is 5.02 Å². The van der Waals surface area contributed by atoms with Crippen molar-refractivity contribution in [3.63, 3.8) is 0 Å². The topological polar surface area (TPSA) is 18.5 Å². The van der Waals surface area contributed by atoms with Crippen molar-refractivity contribution >= 4 is 11.6 Å². The molecular formula is C10H4ClF7O2. The number of benzene rings is 1. The van der Waals surface area contributed by atoms with Gasteiger partial charge < -0.3 is 9.47 Å². The lowest BCUT2D eigenvalue weighted by Crippen LogP contribution is -2.22. The van der Waals surface area contributed by atoms with Gasteiger partial charge in [0.2, 0.25) is 0 Å². The first-order chi connectivity index (χ1) is 8.99. The Bertz CT molecular complexity index is 507. The third kappa shape index (κ3) is 5.16. The number of rotatable bonds is 3. The molecule has 112 valence electrons. The maximum atomic E-state index is 12.9. The Kier molecular flexibility index (Phi) is 4.74. The normalized spacial score (nSPS) is 13.8. The fourth-order valence-electron chi connectivity index (χ4n) is 1.01. The zero-order valence-corrected chi connectivity index (χ0v) is 9.91. The van der Waals surface area contributed by atoms with Gasteiger partial charge in [0.25, 0.3) is 5.76 Å². The molecule has 0 aliphatic carbocycles. The summed E-state index contributed by atoms with van der Waals surface area (Å²) in [5, 5.41) is -0.0545. The van der Waals surface area contributed by atoms with E-state index in [9.17, 15) is 30.7 Å². The summed E-state index contributed by atoms with van der Waals surface area (Å²) in [7, 11) is 0. The highest BCUT2D eigenvalue weighted by Crippen LogP contribution is 2.34. The third-order valence-corrected chi connectivity index (χ3v) is 1.89. The summed E-state index contributed by atoms with van der Waals surface area (Å²) in [5.74, 6) is -3.18. The van der Waals surface area contributed by atoms with Crippen LogP contribution in [0.1, 0.15) is 0 Å². The van der Waals surface area contributed by atoms with E-state index in [4.69, 9.17) is 11.6 Å². The minimum atomic E-state index is -5.63. The van der Waals surface area contributed by atoms with Crippen molar-refractivity contribution < 1.29 is 40.2 Å². The van der Waals surface area contributed by atoms with Gasteiger partial charge in [-0.1, -0.05) is 17.7 Å². The molecule has 0 saturated carbocycles. The summed E-state index contributed by atoms with van der Waals surface area (Å²) < 4.78 is 91.9. The van der Waals surface area contributed by atoms with E-state index >= 15 is 0 Å². The molecule has 0 aliphatic heterocycles. The van der Waals surface area contributed by atoms with E-state index in [1.807, 2.05) is 0 Å². The Morgan fingerprint density at radius 3 is 2.10 bits per heavy atom. The summed E-state index contributed by atoms with van der Waals surface area (Å²) in [4.78, 5) is 0. The lowest BCUT2D eigenvalue weighted by molar-refractivity contribution is -0.316. The van der Waals surface area contributed by atoms with Crippen molar-refractivity contribution in [2.45, 2.75) is 12.5 Å². The molecule has 0 spiro atoms. The monoisotopic (exact) mass is 324 g/mol. The SMILES string of the molecule is F/C(OC(F)(F)F)=C(\Oc1cccc(Cl)c1)C(F)(F)F. The molecule has 0 N–H and O–H groups in total. The number of halogens is 8. The van der Waals surface area contributed by atoms with E-state index in [0.29, 0.717) is 0 Å². The number of allylic oxidation sites excluding steroid dienone is 1. The van der Waals surface area contributed by atoms with Crippen LogP contribution in [-0.2, 0) is 4.74 Å². The quantitative estimate of drug-likeness (QED) is 0.578. The summed E-state index contributed by atoms with van der Waals surface area (Å²) in [6, 6.07) is 1.28. The van der Waals surface area contributed by atoms with E-state index in [-0.39, 0.29) is 5.02 Å². The Hall–Kier alpha value is -1.64. The summed E-state index contributed by atoms with van der Waals surface area (Å²) in [6.45, 7) is 0. The van der Waals surface area contributed by atoms with Crippen molar-refractivity contribution in [2.75, 3.05) is 0 Å². The molecule has 1 aromatic rings. The summed E-state index contributed by atoms with van der Waals surface area (Å²) in [5.41, 5.74) is 0. The Balaban J connectivity index is 3.11. The van der Waals surface area contributed by atoms with Crippen LogP contribution in [0.4, 0.5) is 30.7 Å². The van der Waals surface area contributed by atoms with Gasteiger partial charge in [-0.25, -0.2) is 0 Å². The number of hydrogen-bond acceptors (Lipinski definition) is 2. The van der Waals surface area contributed by atoms with E-state index in [1.54, 1.807) is 0 Å². The van der Waals surface area contributed by atoms with Gasteiger partial charge in [-0.2, -0.15) is 17.6 Å². The van der Waals surface area contributed by atoms with E-state index in [1.165, 1.54) is 6.07 Å². The highest BCUT2D eigenvalue weighted by Gasteiger charge is 2.44. The molecular weight excluding hydrogens is 321 g/mol. The second-order valence-corrected chi connectivity index (χ2v) is 3.64. The second-order valence-electron chi connectivity index (χ2n) is 3.21. The first-order valence-electron chi connectivity index (χ1n) is 4.65.